The Morgan fingerprint density at radius 1 is 1.06 bits per heavy atom. The van der Waals surface area contributed by atoms with E-state index in [1.807, 2.05) is 24.3 Å². The number of nitrogens with one attached hydrogen (secondary N) is 2. The van der Waals surface area contributed by atoms with Gasteiger partial charge < -0.3 is 5.32 Å². The van der Waals surface area contributed by atoms with Crippen molar-refractivity contribution in [3.05, 3.63) is 51.5 Å². The Balaban J connectivity index is 1.98. The highest BCUT2D eigenvalue weighted by atomic mass is 79.9. The first-order valence-corrected chi connectivity index (χ1v) is 6.67. The van der Waals surface area contributed by atoms with Crippen LogP contribution in [0.1, 0.15) is 0 Å². The number of anilines is 2. The molecule has 4 nitrogen and oxygen atoms in total. The Labute approximate surface area is 121 Å². The van der Waals surface area contributed by atoms with Crippen molar-refractivity contribution < 1.29 is 4.79 Å². The molecule has 1 aromatic heterocycles. The summed E-state index contributed by atoms with van der Waals surface area (Å²) in [6.45, 7) is 0. The third-order valence-electron chi connectivity index (χ3n) is 2.05. The van der Waals surface area contributed by atoms with Crippen LogP contribution in [0.15, 0.2) is 51.5 Å². The van der Waals surface area contributed by atoms with Crippen molar-refractivity contribution in [3.63, 3.8) is 0 Å². The lowest BCUT2D eigenvalue weighted by Gasteiger charge is -2.07. The maximum atomic E-state index is 11.7. The molecule has 0 radical (unpaired) electrons. The molecule has 0 atom stereocenters. The van der Waals surface area contributed by atoms with Crippen LogP contribution in [-0.2, 0) is 0 Å². The molecule has 1 heterocycles. The van der Waals surface area contributed by atoms with Gasteiger partial charge in [0.2, 0.25) is 0 Å². The lowest BCUT2D eigenvalue weighted by molar-refractivity contribution is 0.262. The normalized spacial score (nSPS) is 9.89. The Hall–Kier alpha value is -1.40. The molecule has 6 heteroatoms. The molecule has 0 fully saturated rings. The van der Waals surface area contributed by atoms with Crippen molar-refractivity contribution in [2.45, 2.75) is 0 Å². The van der Waals surface area contributed by atoms with Crippen LogP contribution in [-0.4, -0.2) is 11.0 Å². The SMILES string of the molecule is O=C(Nc1cccc(Br)c1)Nc1ccc(Br)cn1. The summed E-state index contributed by atoms with van der Waals surface area (Å²) in [7, 11) is 0. The Morgan fingerprint density at radius 2 is 1.89 bits per heavy atom. The van der Waals surface area contributed by atoms with Crippen LogP contribution in [0.4, 0.5) is 16.3 Å². The number of hydrogen-bond acceptors (Lipinski definition) is 2. The number of urea groups is 1. The minimum absolute atomic E-state index is 0.331. The lowest BCUT2D eigenvalue weighted by Crippen LogP contribution is -2.19. The number of hydrogen-bond donors (Lipinski definition) is 2. The van der Waals surface area contributed by atoms with Gasteiger partial charge >= 0.3 is 6.03 Å². The minimum atomic E-state index is -0.331. The monoisotopic (exact) mass is 369 g/mol. The zero-order valence-electron chi connectivity index (χ0n) is 9.15. The molecule has 0 bridgehead atoms. The van der Waals surface area contributed by atoms with Crippen molar-refractivity contribution in [1.29, 1.82) is 0 Å². The topological polar surface area (TPSA) is 54.0 Å². The predicted molar refractivity (Wildman–Crippen MR) is 78.7 cm³/mol. The van der Waals surface area contributed by atoms with Crippen molar-refractivity contribution in [2.24, 2.45) is 0 Å². The van der Waals surface area contributed by atoms with Gasteiger partial charge in [0.15, 0.2) is 0 Å². The number of rotatable bonds is 2. The summed E-state index contributed by atoms with van der Waals surface area (Å²) in [5, 5.41) is 5.35. The third kappa shape index (κ3) is 3.82. The second kappa shape index (κ2) is 5.97. The maximum absolute atomic E-state index is 11.7. The quantitative estimate of drug-likeness (QED) is 0.830. The van der Waals surface area contributed by atoms with E-state index in [0.29, 0.717) is 11.5 Å². The van der Waals surface area contributed by atoms with E-state index in [1.54, 1.807) is 18.3 Å². The van der Waals surface area contributed by atoms with Gasteiger partial charge in [-0.25, -0.2) is 9.78 Å². The molecule has 18 heavy (non-hydrogen) atoms. The Bertz CT molecular complexity index is 558. The second-order valence-corrected chi connectivity index (χ2v) is 5.28. The highest BCUT2D eigenvalue weighted by Gasteiger charge is 2.03. The van der Waals surface area contributed by atoms with Crippen LogP contribution in [0.25, 0.3) is 0 Å². The molecule has 2 aromatic rings. The fourth-order valence-electron chi connectivity index (χ4n) is 1.29. The highest BCUT2D eigenvalue weighted by Crippen LogP contribution is 2.16. The third-order valence-corrected chi connectivity index (χ3v) is 3.01. The molecule has 0 aliphatic heterocycles. The summed E-state index contributed by atoms with van der Waals surface area (Å²) in [6.07, 6.45) is 1.62. The van der Waals surface area contributed by atoms with Crippen LogP contribution in [0.2, 0.25) is 0 Å². The number of aromatic nitrogens is 1. The van der Waals surface area contributed by atoms with E-state index in [-0.39, 0.29) is 6.03 Å². The summed E-state index contributed by atoms with van der Waals surface area (Å²) in [6, 6.07) is 10.5. The molecular formula is C12H9Br2N3O. The molecule has 0 saturated carbocycles. The van der Waals surface area contributed by atoms with E-state index in [1.165, 1.54) is 0 Å². The van der Waals surface area contributed by atoms with E-state index in [2.05, 4.69) is 47.5 Å². The van der Waals surface area contributed by atoms with Gasteiger partial charge in [0, 0.05) is 20.8 Å². The van der Waals surface area contributed by atoms with Gasteiger partial charge in [0.05, 0.1) is 0 Å². The van der Waals surface area contributed by atoms with E-state index >= 15 is 0 Å². The molecule has 2 amide bonds. The first kappa shape index (κ1) is 13.0. The van der Waals surface area contributed by atoms with Gasteiger partial charge in [-0.2, -0.15) is 0 Å². The number of halogens is 2. The fourth-order valence-corrected chi connectivity index (χ4v) is 1.93. The van der Waals surface area contributed by atoms with Gasteiger partial charge in [0.1, 0.15) is 5.82 Å². The van der Waals surface area contributed by atoms with Crippen LogP contribution >= 0.6 is 31.9 Å². The Morgan fingerprint density at radius 3 is 2.56 bits per heavy atom. The van der Waals surface area contributed by atoms with E-state index < -0.39 is 0 Å². The zero-order chi connectivity index (χ0) is 13.0. The Kier molecular flexibility index (Phi) is 4.33. The average molecular weight is 371 g/mol. The van der Waals surface area contributed by atoms with Crippen molar-refractivity contribution in [2.75, 3.05) is 10.6 Å². The largest absolute Gasteiger partial charge is 0.324 e. The first-order valence-electron chi connectivity index (χ1n) is 5.08. The first-order chi connectivity index (χ1) is 8.63. The van der Waals surface area contributed by atoms with Gasteiger partial charge in [-0.05, 0) is 46.3 Å². The number of amides is 2. The van der Waals surface area contributed by atoms with E-state index in [4.69, 9.17) is 0 Å². The van der Waals surface area contributed by atoms with Gasteiger partial charge in [-0.3, -0.25) is 5.32 Å². The van der Waals surface area contributed by atoms with Crippen molar-refractivity contribution >= 4 is 49.4 Å². The summed E-state index contributed by atoms with van der Waals surface area (Å²) >= 11 is 6.61. The molecule has 92 valence electrons. The van der Waals surface area contributed by atoms with Crippen LogP contribution < -0.4 is 10.6 Å². The van der Waals surface area contributed by atoms with E-state index in [0.717, 1.165) is 8.95 Å². The highest BCUT2D eigenvalue weighted by molar-refractivity contribution is 9.10. The van der Waals surface area contributed by atoms with Crippen molar-refractivity contribution in [1.82, 2.24) is 4.98 Å². The number of carbonyl (C=O) groups is 1. The molecule has 2 N–H and O–H groups in total. The number of nitrogens with zero attached hydrogens (tertiary/aromatic N) is 1. The molecule has 0 aliphatic rings. The second-order valence-electron chi connectivity index (χ2n) is 3.45. The molecule has 1 aromatic carbocycles. The van der Waals surface area contributed by atoms with Crippen molar-refractivity contribution in [3.8, 4) is 0 Å². The van der Waals surface area contributed by atoms with Gasteiger partial charge in [0.25, 0.3) is 0 Å². The standard InChI is InChI=1S/C12H9Br2N3O/c13-8-2-1-3-10(6-8)16-12(18)17-11-5-4-9(14)7-15-11/h1-7H,(H2,15,16,17,18). The summed E-state index contributed by atoms with van der Waals surface area (Å²) in [4.78, 5) is 15.7. The fraction of sp³-hybridized carbons (Fsp3) is 0. The van der Waals surface area contributed by atoms with Gasteiger partial charge in [-0.1, -0.05) is 22.0 Å². The zero-order valence-corrected chi connectivity index (χ0v) is 12.3. The predicted octanol–water partition coefficient (Wildman–Crippen LogP) is 4.25. The molecule has 0 unspecified atom stereocenters. The number of benzene rings is 1. The summed E-state index contributed by atoms with van der Waals surface area (Å²) in [5.74, 6) is 0.491. The number of carbonyl (C=O) groups excluding carboxylic acids is 1. The maximum Gasteiger partial charge on any atom is 0.324 e. The van der Waals surface area contributed by atoms with Crippen LogP contribution in [0.5, 0.6) is 0 Å². The molecule has 0 aliphatic carbocycles. The summed E-state index contributed by atoms with van der Waals surface area (Å²) in [5.41, 5.74) is 0.707. The molecule has 0 saturated heterocycles. The molecule has 2 rings (SSSR count). The summed E-state index contributed by atoms with van der Waals surface area (Å²) < 4.78 is 1.77. The lowest BCUT2D eigenvalue weighted by atomic mass is 10.3. The van der Waals surface area contributed by atoms with E-state index in [9.17, 15) is 4.79 Å². The van der Waals surface area contributed by atoms with Gasteiger partial charge in [-0.15, -0.1) is 0 Å². The minimum Gasteiger partial charge on any atom is -0.308 e. The van der Waals surface area contributed by atoms with Crippen LogP contribution in [0, 0.1) is 0 Å². The van der Waals surface area contributed by atoms with Crippen LogP contribution in [0.3, 0.4) is 0 Å². The molecular weight excluding hydrogens is 362 g/mol. The molecule has 0 spiro atoms. The number of pyridine rings is 1. The average Bonchev–Trinajstić information content (AvgIpc) is 2.32. The smallest absolute Gasteiger partial charge is 0.308 e.